The number of halogens is 1. The first-order valence-corrected chi connectivity index (χ1v) is 7.27. The Morgan fingerprint density at radius 1 is 1.26 bits per heavy atom. The Bertz CT molecular complexity index is 744. The SMILES string of the molecule is CC1OC(C)(C)Oc2cncc(NC(=O)c3ccc(F)cc3)c21. The maximum absolute atomic E-state index is 13.0. The van der Waals surface area contributed by atoms with E-state index in [1.165, 1.54) is 24.3 Å². The second-order valence-electron chi connectivity index (χ2n) is 5.82. The minimum atomic E-state index is -0.756. The molecule has 1 atom stereocenters. The summed E-state index contributed by atoms with van der Waals surface area (Å²) in [5, 5.41) is 2.78. The Hall–Kier alpha value is -2.47. The molecule has 0 fully saturated rings. The second kappa shape index (κ2) is 5.62. The number of nitrogens with one attached hydrogen (secondary N) is 1. The highest BCUT2D eigenvalue weighted by Gasteiger charge is 2.34. The Morgan fingerprint density at radius 3 is 2.65 bits per heavy atom. The van der Waals surface area contributed by atoms with Crippen molar-refractivity contribution in [3.63, 3.8) is 0 Å². The lowest BCUT2D eigenvalue weighted by Crippen LogP contribution is -2.37. The molecule has 1 aromatic carbocycles. The number of hydrogen-bond acceptors (Lipinski definition) is 4. The highest BCUT2D eigenvalue weighted by atomic mass is 19.1. The predicted octanol–water partition coefficient (Wildman–Crippen LogP) is 3.68. The summed E-state index contributed by atoms with van der Waals surface area (Å²) in [5.41, 5.74) is 1.60. The van der Waals surface area contributed by atoms with Gasteiger partial charge in [-0.05, 0) is 31.2 Å². The molecule has 5 nitrogen and oxygen atoms in total. The van der Waals surface area contributed by atoms with Gasteiger partial charge in [0.05, 0.1) is 24.2 Å². The molecule has 1 aromatic heterocycles. The van der Waals surface area contributed by atoms with Gasteiger partial charge in [0, 0.05) is 25.0 Å². The largest absolute Gasteiger partial charge is 0.461 e. The zero-order valence-electron chi connectivity index (χ0n) is 13.1. The third-order valence-electron chi connectivity index (χ3n) is 3.53. The summed E-state index contributed by atoms with van der Waals surface area (Å²) in [7, 11) is 0. The van der Waals surface area contributed by atoms with Crippen molar-refractivity contribution in [3.8, 4) is 5.75 Å². The van der Waals surface area contributed by atoms with Crippen LogP contribution in [0.25, 0.3) is 0 Å². The average molecular weight is 316 g/mol. The Kier molecular flexibility index (Phi) is 3.77. The van der Waals surface area contributed by atoms with E-state index in [2.05, 4.69) is 10.3 Å². The van der Waals surface area contributed by atoms with E-state index in [0.29, 0.717) is 17.0 Å². The van der Waals surface area contributed by atoms with Crippen molar-refractivity contribution in [1.29, 1.82) is 0 Å². The molecular weight excluding hydrogens is 299 g/mol. The minimum absolute atomic E-state index is 0.264. The first-order chi connectivity index (χ1) is 10.9. The molecule has 0 bridgehead atoms. The number of carbonyl (C=O) groups is 1. The highest BCUT2D eigenvalue weighted by molar-refractivity contribution is 6.04. The fraction of sp³-hybridized carbons (Fsp3) is 0.294. The lowest BCUT2D eigenvalue weighted by atomic mass is 10.1. The fourth-order valence-corrected chi connectivity index (χ4v) is 2.62. The lowest BCUT2D eigenvalue weighted by Gasteiger charge is -2.37. The van der Waals surface area contributed by atoms with Crippen molar-refractivity contribution >= 4 is 11.6 Å². The number of nitrogens with zero attached hydrogens (tertiary/aromatic N) is 1. The van der Waals surface area contributed by atoms with Gasteiger partial charge in [-0.1, -0.05) is 0 Å². The molecule has 0 radical (unpaired) electrons. The summed E-state index contributed by atoms with van der Waals surface area (Å²) in [6.07, 6.45) is 2.88. The molecule has 23 heavy (non-hydrogen) atoms. The lowest BCUT2D eigenvalue weighted by molar-refractivity contribution is -0.201. The van der Waals surface area contributed by atoms with E-state index in [4.69, 9.17) is 9.47 Å². The number of pyridine rings is 1. The first kappa shape index (κ1) is 15.4. The smallest absolute Gasteiger partial charge is 0.255 e. The summed E-state index contributed by atoms with van der Waals surface area (Å²) in [6, 6.07) is 5.33. The van der Waals surface area contributed by atoms with E-state index in [0.717, 1.165) is 5.56 Å². The molecule has 1 unspecified atom stereocenters. The van der Waals surface area contributed by atoms with Crippen molar-refractivity contribution in [2.75, 3.05) is 5.32 Å². The highest BCUT2D eigenvalue weighted by Crippen LogP contribution is 2.41. The number of rotatable bonds is 2. The minimum Gasteiger partial charge on any atom is -0.461 e. The van der Waals surface area contributed by atoms with Crippen molar-refractivity contribution in [2.24, 2.45) is 0 Å². The summed E-state index contributed by atoms with van der Waals surface area (Å²) in [4.78, 5) is 16.4. The van der Waals surface area contributed by atoms with Crippen LogP contribution in [0.5, 0.6) is 5.75 Å². The number of anilines is 1. The fourth-order valence-electron chi connectivity index (χ4n) is 2.62. The van der Waals surface area contributed by atoms with Gasteiger partial charge < -0.3 is 14.8 Å². The van der Waals surface area contributed by atoms with Gasteiger partial charge in [-0.15, -0.1) is 0 Å². The maximum Gasteiger partial charge on any atom is 0.255 e. The van der Waals surface area contributed by atoms with Gasteiger partial charge in [0.1, 0.15) is 11.6 Å². The molecule has 1 N–H and O–H groups in total. The Labute approximate surface area is 133 Å². The molecule has 2 aromatic rings. The van der Waals surface area contributed by atoms with Crippen LogP contribution in [0.1, 0.15) is 42.8 Å². The molecule has 0 saturated carbocycles. The van der Waals surface area contributed by atoms with E-state index in [-0.39, 0.29) is 12.0 Å². The first-order valence-electron chi connectivity index (χ1n) is 7.27. The average Bonchev–Trinajstić information content (AvgIpc) is 2.46. The van der Waals surface area contributed by atoms with Gasteiger partial charge in [0.15, 0.2) is 0 Å². The Morgan fingerprint density at radius 2 is 1.96 bits per heavy atom. The summed E-state index contributed by atoms with van der Waals surface area (Å²) in [6.45, 7) is 5.52. The maximum atomic E-state index is 13.0. The Balaban J connectivity index is 1.90. The van der Waals surface area contributed by atoms with Crippen LogP contribution >= 0.6 is 0 Å². The number of ether oxygens (including phenoxy) is 2. The van der Waals surface area contributed by atoms with Crippen molar-refractivity contribution in [1.82, 2.24) is 4.98 Å². The standard InChI is InChI=1S/C17H17FN2O3/c1-10-15-13(8-19-9-14(15)23-17(2,3)22-10)20-16(21)11-4-6-12(18)7-5-11/h4-10H,1-3H3,(H,20,21). The van der Waals surface area contributed by atoms with E-state index in [9.17, 15) is 9.18 Å². The summed E-state index contributed by atoms with van der Waals surface area (Å²) in [5.74, 6) is -0.922. The molecule has 2 heterocycles. The van der Waals surface area contributed by atoms with Crippen LogP contribution in [0.4, 0.5) is 10.1 Å². The van der Waals surface area contributed by atoms with Gasteiger partial charge in [0.25, 0.3) is 5.91 Å². The molecular formula is C17H17FN2O3. The molecule has 1 aliphatic rings. The van der Waals surface area contributed by atoms with Crippen LogP contribution in [0.15, 0.2) is 36.7 Å². The number of hydrogen-bond donors (Lipinski definition) is 1. The summed E-state index contributed by atoms with van der Waals surface area (Å²) < 4.78 is 24.5. The van der Waals surface area contributed by atoms with E-state index < -0.39 is 11.6 Å². The molecule has 6 heteroatoms. The van der Waals surface area contributed by atoms with Gasteiger partial charge in [-0.25, -0.2) is 4.39 Å². The predicted molar refractivity (Wildman–Crippen MR) is 82.8 cm³/mol. The summed E-state index contributed by atoms with van der Waals surface area (Å²) >= 11 is 0. The van der Waals surface area contributed by atoms with Crippen molar-refractivity contribution in [3.05, 3.63) is 53.6 Å². The van der Waals surface area contributed by atoms with Gasteiger partial charge in [-0.2, -0.15) is 0 Å². The second-order valence-corrected chi connectivity index (χ2v) is 5.82. The number of aromatic nitrogens is 1. The number of benzene rings is 1. The van der Waals surface area contributed by atoms with Gasteiger partial charge >= 0.3 is 0 Å². The third kappa shape index (κ3) is 3.17. The van der Waals surface area contributed by atoms with Crippen LogP contribution in [0.2, 0.25) is 0 Å². The zero-order chi connectivity index (χ0) is 16.6. The van der Waals surface area contributed by atoms with Crippen LogP contribution < -0.4 is 10.1 Å². The normalized spacial score (nSPS) is 18.7. The number of amides is 1. The van der Waals surface area contributed by atoms with Crippen molar-refractivity contribution in [2.45, 2.75) is 32.7 Å². The molecule has 3 rings (SSSR count). The molecule has 1 amide bonds. The van der Waals surface area contributed by atoms with Crippen LogP contribution in [-0.2, 0) is 4.74 Å². The van der Waals surface area contributed by atoms with E-state index >= 15 is 0 Å². The van der Waals surface area contributed by atoms with E-state index in [1.54, 1.807) is 12.4 Å². The van der Waals surface area contributed by atoms with Crippen LogP contribution in [-0.4, -0.2) is 16.7 Å². The number of fused-ring (bicyclic) bond motifs is 1. The van der Waals surface area contributed by atoms with E-state index in [1.807, 2.05) is 20.8 Å². The molecule has 120 valence electrons. The monoisotopic (exact) mass is 316 g/mol. The van der Waals surface area contributed by atoms with Crippen LogP contribution in [0.3, 0.4) is 0 Å². The zero-order valence-corrected chi connectivity index (χ0v) is 13.1. The number of carbonyl (C=O) groups excluding carboxylic acids is 1. The molecule has 1 aliphatic heterocycles. The third-order valence-corrected chi connectivity index (χ3v) is 3.53. The molecule has 0 saturated heterocycles. The van der Waals surface area contributed by atoms with Gasteiger partial charge in [0.2, 0.25) is 5.79 Å². The van der Waals surface area contributed by atoms with Gasteiger partial charge in [-0.3, -0.25) is 9.78 Å². The topological polar surface area (TPSA) is 60.5 Å². The molecule has 0 spiro atoms. The quantitative estimate of drug-likeness (QED) is 0.918. The van der Waals surface area contributed by atoms with Crippen LogP contribution in [0, 0.1) is 5.82 Å². The van der Waals surface area contributed by atoms with Crippen molar-refractivity contribution < 1.29 is 18.7 Å². The molecule has 0 aliphatic carbocycles.